The number of Topliss-reactive ketones (excluding diaryl/α,β-unsaturated/α-hetero) is 1. The van der Waals surface area contributed by atoms with Crippen LogP contribution in [0.3, 0.4) is 0 Å². The van der Waals surface area contributed by atoms with Crippen LogP contribution in [0.4, 0.5) is 0 Å². The van der Waals surface area contributed by atoms with Crippen molar-refractivity contribution in [2.75, 3.05) is 13.4 Å². The second-order valence-corrected chi connectivity index (χ2v) is 6.05. The first-order chi connectivity index (χ1) is 11.6. The SMILES string of the molecule is COc1cc2n(Cc3ccccc3)c(C(C)=O)c(O)[n+]2c(SC)n1. The first kappa shape index (κ1) is 16.3. The number of aromatic nitrogens is 3. The first-order valence-electron chi connectivity index (χ1n) is 7.38. The summed E-state index contributed by atoms with van der Waals surface area (Å²) < 4.78 is 8.63. The number of benzene rings is 1. The molecule has 0 saturated carbocycles. The molecule has 0 aliphatic rings. The van der Waals surface area contributed by atoms with Crippen molar-refractivity contribution in [2.24, 2.45) is 0 Å². The van der Waals surface area contributed by atoms with Gasteiger partial charge in [-0.05, 0) is 11.8 Å². The highest BCUT2D eigenvalue weighted by molar-refractivity contribution is 7.98. The summed E-state index contributed by atoms with van der Waals surface area (Å²) in [4.78, 5) is 16.5. The van der Waals surface area contributed by atoms with Crippen molar-refractivity contribution in [3.8, 4) is 11.8 Å². The number of ether oxygens (including phenoxy) is 1. The van der Waals surface area contributed by atoms with Gasteiger partial charge in [0.15, 0.2) is 5.78 Å². The number of imidazole rings is 1. The van der Waals surface area contributed by atoms with Gasteiger partial charge in [0.25, 0.3) is 5.88 Å². The van der Waals surface area contributed by atoms with Gasteiger partial charge >= 0.3 is 11.0 Å². The Morgan fingerprint density at radius 3 is 2.67 bits per heavy atom. The van der Waals surface area contributed by atoms with Crippen molar-refractivity contribution in [2.45, 2.75) is 18.6 Å². The lowest BCUT2D eigenvalue weighted by Crippen LogP contribution is -2.25. The van der Waals surface area contributed by atoms with E-state index in [4.69, 9.17) is 4.74 Å². The maximum Gasteiger partial charge on any atom is 0.310 e. The Kier molecular flexibility index (Phi) is 4.44. The van der Waals surface area contributed by atoms with Crippen LogP contribution >= 0.6 is 11.8 Å². The van der Waals surface area contributed by atoms with Crippen LogP contribution in [0.1, 0.15) is 23.0 Å². The molecule has 0 radical (unpaired) electrons. The van der Waals surface area contributed by atoms with E-state index in [-0.39, 0.29) is 17.4 Å². The van der Waals surface area contributed by atoms with Crippen LogP contribution in [0.25, 0.3) is 5.65 Å². The zero-order valence-corrected chi connectivity index (χ0v) is 14.5. The molecular formula is C17H18N3O3S+. The fraction of sp³-hybridized carbons (Fsp3) is 0.235. The molecule has 0 aliphatic heterocycles. The Bertz CT molecular complexity index is 907. The molecule has 2 aromatic heterocycles. The van der Waals surface area contributed by atoms with Gasteiger partial charge in [-0.15, -0.1) is 0 Å². The molecule has 0 bridgehead atoms. The van der Waals surface area contributed by atoms with Crippen molar-refractivity contribution >= 4 is 23.2 Å². The van der Waals surface area contributed by atoms with E-state index < -0.39 is 0 Å². The normalized spacial score (nSPS) is 11.0. The van der Waals surface area contributed by atoms with Crippen LogP contribution in [-0.2, 0) is 6.54 Å². The molecule has 0 saturated heterocycles. The smallest absolute Gasteiger partial charge is 0.310 e. The van der Waals surface area contributed by atoms with Crippen molar-refractivity contribution in [3.63, 3.8) is 0 Å². The lowest BCUT2D eigenvalue weighted by atomic mass is 10.2. The fourth-order valence-corrected chi connectivity index (χ4v) is 3.25. The summed E-state index contributed by atoms with van der Waals surface area (Å²) >= 11 is 1.37. The average Bonchev–Trinajstić information content (AvgIpc) is 2.87. The monoisotopic (exact) mass is 344 g/mol. The molecule has 24 heavy (non-hydrogen) atoms. The highest BCUT2D eigenvalue weighted by atomic mass is 32.2. The highest BCUT2D eigenvalue weighted by Crippen LogP contribution is 2.25. The van der Waals surface area contributed by atoms with E-state index in [1.807, 2.05) is 36.6 Å². The van der Waals surface area contributed by atoms with E-state index in [1.54, 1.807) is 22.1 Å². The predicted molar refractivity (Wildman–Crippen MR) is 90.9 cm³/mol. The van der Waals surface area contributed by atoms with Crippen LogP contribution in [0.15, 0.2) is 41.6 Å². The Labute approximate surface area is 143 Å². The topological polar surface area (TPSA) is 68.5 Å². The molecule has 0 atom stereocenters. The Balaban J connectivity index is 2.32. The number of thioether (sulfide) groups is 1. The number of carbonyl (C=O) groups excluding carboxylic acids is 1. The fourth-order valence-electron chi connectivity index (χ4n) is 2.70. The van der Waals surface area contributed by atoms with Crippen LogP contribution in [0, 0.1) is 0 Å². The first-order valence-corrected chi connectivity index (χ1v) is 8.60. The minimum absolute atomic E-state index is 0.104. The summed E-state index contributed by atoms with van der Waals surface area (Å²) in [5.41, 5.74) is 1.93. The number of nitrogens with zero attached hydrogens (tertiary/aromatic N) is 3. The van der Waals surface area contributed by atoms with Gasteiger partial charge in [-0.1, -0.05) is 47.1 Å². The van der Waals surface area contributed by atoms with Crippen molar-refractivity contribution in [3.05, 3.63) is 47.7 Å². The third-order valence-corrected chi connectivity index (χ3v) is 4.40. The van der Waals surface area contributed by atoms with Gasteiger partial charge in [-0.25, -0.2) is 4.57 Å². The number of rotatable bonds is 5. The number of fused-ring (bicyclic) bond motifs is 1. The van der Waals surface area contributed by atoms with E-state index in [9.17, 15) is 9.90 Å². The Morgan fingerprint density at radius 2 is 2.08 bits per heavy atom. The molecule has 0 spiro atoms. The second-order valence-electron chi connectivity index (χ2n) is 5.28. The molecule has 124 valence electrons. The minimum atomic E-state index is -0.210. The summed E-state index contributed by atoms with van der Waals surface area (Å²) in [6.07, 6.45) is 1.86. The van der Waals surface area contributed by atoms with Crippen molar-refractivity contribution in [1.82, 2.24) is 9.55 Å². The number of hydrogen-bond donors (Lipinski definition) is 1. The maximum absolute atomic E-state index is 12.1. The summed E-state index contributed by atoms with van der Waals surface area (Å²) in [5, 5.41) is 11.2. The van der Waals surface area contributed by atoms with Gasteiger partial charge in [0, 0.05) is 6.92 Å². The lowest BCUT2D eigenvalue weighted by Gasteiger charge is -2.04. The van der Waals surface area contributed by atoms with Gasteiger partial charge in [0.2, 0.25) is 11.3 Å². The van der Waals surface area contributed by atoms with E-state index in [0.717, 1.165) is 5.56 Å². The molecule has 1 aromatic carbocycles. The molecule has 0 unspecified atom stereocenters. The Hall–Kier alpha value is -2.54. The molecular weight excluding hydrogens is 326 g/mol. The molecule has 2 heterocycles. The van der Waals surface area contributed by atoms with E-state index >= 15 is 0 Å². The molecule has 1 N–H and O–H groups in total. The van der Waals surface area contributed by atoms with E-state index in [2.05, 4.69) is 4.98 Å². The van der Waals surface area contributed by atoms with Crippen LogP contribution in [0.5, 0.6) is 11.8 Å². The van der Waals surface area contributed by atoms with Gasteiger partial charge in [-0.2, -0.15) is 4.40 Å². The quantitative estimate of drug-likeness (QED) is 0.333. The van der Waals surface area contributed by atoms with Gasteiger partial charge in [-0.3, -0.25) is 4.79 Å². The molecule has 3 rings (SSSR count). The third kappa shape index (κ3) is 2.71. The molecule has 0 amide bonds. The van der Waals surface area contributed by atoms with Crippen LogP contribution in [-0.4, -0.2) is 33.8 Å². The average molecular weight is 344 g/mol. The van der Waals surface area contributed by atoms with Gasteiger partial charge < -0.3 is 9.84 Å². The van der Waals surface area contributed by atoms with Crippen molar-refractivity contribution in [1.29, 1.82) is 0 Å². The number of ketones is 1. The molecule has 0 fully saturated rings. The zero-order valence-electron chi connectivity index (χ0n) is 13.7. The molecule has 6 nitrogen and oxygen atoms in total. The summed E-state index contributed by atoms with van der Waals surface area (Å²) in [7, 11) is 1.54. The van der Waals surface area contributed by atoms with Crippen molar-refractivity contribution < 1.29 is 19.0 Å². The van der Waals surface area contributed by atoms with Crippen LogP contribution < -0.4 is 9.14 Å². The van der Waals surface area contributed by atoms with Crippen LogP contribution in [0.2, 0.25) is 0 Å². The highest BCUT2D eigenvalue weighted by Gasteiger charge is 2.30. The van der Waals surface area contributed by atoms with Gasteiger partial charge in [0.05, 0.1) is 19.7 Å². The van der Waals surface area contributed by atoms with E-state index in [1.165, 1.54) is 18.7 Å². The number of carbonyl (C=O) groups is 1. The molecule has 0 aliphatic carbocycles. The largest absolute Gasteiger partial charge is 0.480 e. The predicted octanol–water partition coefficient (Wildman–Crippen LogP) is 2.31. The summed E-state index contributed by atoms with van der Waals surface area (Å²) in [5.74, 6) is 0.118. The number of aromatic hydroxyl groups is 1. The molecule has 7 heteroatoms. The number of methoxy groups -OCH3 is 1. The number of hydrogen-bond acceptors (Lipinski definition) is 5. The summed E-state index contributed by atoms with van der Waals surface area (Å²) in [6.45, 7) is 1.90. The third-order valence-electron chi connectivity index (χ3n) is 3.76. The summed E-state index contributed by atoms with van der Waals surface area (Å²) in [6, 6.07) is 11.5. The van der Waals surface area contributed by atoms with E-state index in [0.29, 0.717) is 23.2 Å². The second kappa shape index (κ2) is 6.52. The lowest BCUT2D eigenvalue weighted by molar-refractivity contribution is -0.568. The Morgan fingerprint density at radius 1 is 1.38 bits per heavy atom. The minimum Gasteiger partial charge on any atom is -0.480 e. The standard InChI is InChI=1S/C17H17N3O3S/c1-11(21)15-16(22)20-14(9-13(23-2)18-17(20)24-3)19(15)10-12-7-5-4-6-8-12/h4-9H,10H2,1-3H3/p+1. The van der Waals surface area contributed by atoms with Gasteiger partial charge in [0.1, 0.15) is 0 Å². The maximum atomic E-state index is 12.1. The zero-order chi connectivity index (χ0) is 17.3. The molecule has 3 aromatic rings.